The minimum Gasteiger partial charge on any atom is -0.462 e. The molecule has 0 aromatic carbocycles. The van der Waals surface area contributed by atoms with Crippen LogP contribution in [0.25, 0.3) is 0 Å². The topological polar surface area (TPSA) is 108 Å². The molecular formula is C45H87O8P. The molecule has 54 heavy (non-hydrogen) atoms. The lowest BCUT2D eigenvalue weighted by Crippen LogP contribution is -2.29. The van der Waals surface area contributed by atoms with Crippen molar-refractivity contribution in [1.82, 2.24) is 0 Å². The van der Waals surface area contributed by atoms with E-state index in [1.807, 2.05) is 0 Å². The maximum Gasteiger partial charge on any atom is 0.472 e. The minimum absolute atomic E-state index is 0.219. The van der Waals surface area contributed by atoms with Gasteiger partial charge in [0, 0.05) is 20.0 Å². The smallest absolute Gasteiger partial charge is 0.462 e. The van der Waals surface area contributed by atoms with Gasteiger partial charge in [-0.05, 0) is 38.5 Å². The zero-order valence-electron chi connectivity index (χ0n) is 35.6. The molecule has 0 rings (SSSR count). The van der Waals surface area contributed by atoms with Crippen molar-refractivity contribution >= 4 is 19.8 Å². The lowest BCUT2D eigenvalue weighted by atomic mass is 10.0. The maximum atomic E-state index is 12.5. The van der Waals surface area contributed by atoms with Gasteiger partial charge in [0.15, 0.2) is 6.10 Å². The average Bonchev–Trinajstić information content (AvgIpc) is 3.16. The third-order valence-electron chi connectivity index (χ3n) is 10.3. The van der Waals surface area contributed by atoms with Gasteiger partial charge in [0.2, 0.25) is 0 Å². The van der Waals surface area contributed by atoms with Crippen LogP contribution in [0.5, 0.6) is 0 Å². The number of esters is 2. The number of carbonyl (C=O) groups excluding carboxylic acids is 2. The normalized spacial score (nSPS) is 13.3. The largest absolute Gasteiger partial charge is 0.472 e. The molecule has 0 aromatic heterocycles. The number of ether oxygens (including phenoxy) is 2. The predicted molar refractivity (Wildman–Crippen MR) is 226 cm³/mol. The van der Waals surface area contributed by atoms with Crippen molar-refractivity contribution in [2.45, 2.75) is 245 Å². The monoisotopic (exact) mass is 787 g/mol. The quantitative estimate of drug-likeness (QED) is 0.0282. The molecule has 0 heterocycles. The van der Waals surface area contributed by atoms with Gasteiger partial charge in [-0.25, -0.2) is 4.57 Å². The van der Waals surface area contributed by atoms with Crippen molar-refractivity contribution in [1.29, 1.82) is 0 Å². The van der Waals surface area contributed by atoms with Crippen LogP contribution < -0.4 is 0 Å². The van der Waals surface area contributed by atoms with Gasteiger partial charge in [0.1, 0.15) is 6.61 Å². The molecule has 1 N–H and O–H groups in total. The molecule has 0 saturated carbocycles. The first-order valence-electron chi connectivity index (χ1n) is 22.9. The molecule has 8 nitrogen and oxygen atoms in total. The second-order valence-electron chi connectivity index (χ2n) is 15.5. The highest BCUT2D eigenvalue weighted by molar-refractivity contribution is 7.47. The van der Waals surface area contributed by atoms with Crippen LogP contribution in [0.2, 0.25) is 0 Å². The van der Waals surface area contributed by atoms with Crippen molar-refractivity contribution < 1.29 is 37.6 Å². The van der Waals surface area contributed by atoms with Crippen molar-refractivity contribution in [2.75, 3.05) is 20.3 Å². The molecule has 0 saturated heterocycles. The standard InChI is InChI=1S/C45H87O8P/c1-4-6-8-10-12-14-16-18-19-20-21-22-23-24-25-26-27-28-30-32-34-36-38-40-45(47)53-43(42-52-54(48,49)50-3)41-51-44(46)39-37-35-33-31-29-17-15-13-11-9-7-5-2/h20-21,43H,4-19,22-42H2,1-3H3,(H,48,49)/b21-20-. The third kappa shape index (κ3) is 40.5. The Morgan fingerprint density at radius 2 is 0.833 bits per heavy atom. The number of rotatable bonds is 43. The van der Waals surface area contributed by atoms with Gasteiger partial charge in [-0.1, -0.05) is 199 Å². The molecule has 0 aliphatic carbocycles. The number of phosphoric ester groups is 1. The summed E-state index contributed by atoms with van der Waals surface area (Å²) >= 11 is 0. The highest BCUT2D eigenvalue weighted by Gasteiger charge is 2.24. The Balaban J connectivity index is 3.88. The van der Waals surface area contributed by atoms with Crippen molar-refractivity contribution in [2.24, 2.45) is 0 Å². The lowest BCUT2D eigenvalue weighted by Gasteiger charge is -2.19. The van der Waals surface area contributed by atoms with Gasteiger partial charge in [-0.2, -0.15) is 0 Å². The van der Waals surface area contributed by atoms with E-state index >= 15 is 0 Å². The molecule has 2 unspecified atom stereocenters. The molecular weight excluding hydrogens is 699 g/mol. The van der Waals surface area contributed by atoms with E-state index in [2.05, 4.69) is 30.5 Å². The van der Waals surface area contributed by atoms with E-state index in [9.17, 15) is 19.0 Å². The van der Waals surface area contributed by atoms with Gasteiger partial charge in [0.25, 0.3) is 0 Å². The van der Waals surface area contributed by atoms with Crippen LogP contribution in [-0.4, -0.2) is 43.3 Å². The molecule has 0 radical (unpaired) electrons. The first-order valence-corrected chi connectivity index (χ1v) is 24.4. The zero-order valence-corrected chi connectivity index (χ0v) is 36.5. The Morgan fingerprint density at radius 3 is 1.20 bits per heavy atom. The lowest BCUT2D eigenvalue weighted by molar-refractivity contribution is -0.161. The molecule has 0 fully saturated rings. The van der Waals surface area contributed by atoms with Crippen LogP contribution in [0, 0.1) is 0 Å². The van der Waals surface area contributed by atoms with E-state index < -0.39 is 26.5 Å². The van der Waals surface area contributed by atoms with E-state index in [0.29, 0.717) is 6.42 Å². The Bertz CT molecular complexity index is 895. The van der Waals surface area contributed by atoms with E-state index in [1.165, 1.54) is 173 Å². The summed E-state index contributed by atoms with van der Waals surface area (Å²) in [6.07, 6.45) is 45.6. The van der Waals surface area contributed by atoms with Crippen LogP contribution >= 0.6 is 7.82 Å². The number of hydrogen-bond acceptors (Lipinski definition) is 7. The first kappa shape index (κ1) is 52.8. The van der Waals surface area contributed by atoms with Crippen molar-refractivity contribution in [3.63, 3.8) is 0 Å². The summed E-state index contributed by atoms with van der Waals surface area (Å²) in [5.74, 6) is -0.793. The molecule has 0 bridgehead atoms. The second-order valence-corrected chi connectivity index (χ2v) is 17.1. The summed E-state index contributed by atoms with van der Waals surface area (Å²) in [5.41, 5.74) is 0. The molecule has 9 heteroatoms. The van der Waals surface area contributed by atoms with Crippen LogP contribution in [0.4, 0.5) is 0 Å². The first-order chi connectivity index (χ1) is 26.3. The zero-order chi connectivity index (χ0) is 39.6. The summed E-state index contributed by atoms with van der Waals surface area (Å²) in [6.45, 7) is 3.91. The molecule has 320 valence electrons. The molecule has 0 spiro atoms. The summed E-state index contributed by atoms with van der Waals surface area (Å²) in [7, 11) is -3.19. The number of phosphoric acid groups is 1. The molecule has 2 atom stereocenters. The van der Waals surface area contributed by atoms with E-state index in [-0.39, 0.29) is 19.0 Å². The molecule has 0 aromatic rings. The fraction of sp³-hybridized carbons (Fsp3) is 0.911. The molecule has 0 aliphatic rings. The minimum atomic E-state index is -4.26. The van der Waals surface area contributed by atoms with Gasteiger partial charge in [-0.3, -0.25) is 18.6 Å². The molecule has 0 amide bonds. The Hall–Kier alpha value is -1.21. The Kier molecular flexibility index (Phi) is 40.5. The maximum absolute atomic E-state index is 12.5. The van der Waals surface area contributed by atoms with Crippen LogP contribution in [-0.2, 0) is 32.7 Å². The van der Waals surface area contributed by atoms with Gasteiger partial charge in [0.05, 0.1) is 6.61 Å². The number of hydrogen-bond donors (Lipinski definition) is 1. The van der Waals surface area contributed by atoms with Crippen LogP contribution in [0.15, 0.2) is 12.2 Å². The third-order valence-corrected chi connectivity index (χ3v) is 11.2. The van der Waals surface area contributed by atoms with Gasteiger partial charge >= 0.3 is 19.8 Å². The number of allylic oxidation sites excluding steroid dienone is 2. The SMILES string of the molecule is CCCCCCCCCC/C=C\CCCCCCCCCCCCCC(=O)OC(COC(=O)CCCCCCCCCCCCCC)COP(=O)(O)OC. The Morgan fingerprint density at radius 1 is 0.500 bits per heavy atom. The summed E-state index contributed by atoms with van der Waals surface area (Å²) < 4.78 is 32.0. The average molecular weight is 787 g/mol. The fourth-order valence-electron chi connectivity index (χ4n) is 6.71. The van der Waals surface area contributed by atoms with E-state index in [4.69, 9.17) is 14.0 Å². The number of unbranched alkanes of at least 4 members (excludes halogenated alkanes) is 30. The highest BCUT2D eigenvalue weighted by atomic mass is 31.2. The summed E-state index contributed by atoms with van der Waals surface area (Å²) in [5, 5.41) is 0. The second kappa shape index (κ2) is 41.4. The van der Waals surface area contributed by atoms with Gasteiger partial charge in [-0.15, -0.1) is 0 Å². The summed E-state index contributed by atoms with van der Waals surface area (Å²) in [4.78, 5) is 34.5. The van der Waals surface area contributed by atoms with E-state index in [0.717, 1.165) is 45.6 Å². The predicted octanol–water partition coefficient (Wildman–Crippen LogP) is 14.5. The van der Waals surface area contributed by atoms with Crippen LogP contribution in [0.3, 0.4) is 0 Å². The van der Waals surface area contributed by atoms with Crippen LogP contribution in [0.1, 0.15) is 239 Å². The van der Waals surface area contributed by atoms with Crippen molar-refractivity contribution in [3.05, 3.63) is 12.2 Å². The number of carbonyl (C=O) groups is 2. The fourth-order valence-corrected chi connectivity index (χ4v) is 7.17. The summed E-state index contributed by atoms with van der Waals surface area (Å²) in [6, 6.07) is 0. The van der Waals surface area contributed by atoms with E-state index in [1.54, 1.807) is 0 Å². The van der Waals surface area contributed by atoms with Crippen molar-refractivity contribution in [3.8, 4) is 0 Å². The van der Waals surface area contributed by atoms with Gasteiger partial charge < -0.3 is 14.4 Å². The highest BCUT2D eigenvalue weighted by Crippen LogP contribution is 2.42. The molecule has 0 aliphatic heterocycles. The Labute approximate surface area is 333 Å².